The number of sulfonamides is 1. The van der Waals surface area contributed by atoms with Crippen LogP contribution in [-0.2, 0) is 16.6 Å². The van der Waals surface area contributed by atoms with E-state index in [-0.39, 0.29) is 4.90 Å². The molecule has 27 heavy (non-hydrogen) atoms. The summed E-state index contributed by atoms with van der Waals surface area (Å²) in [6.07, 6.45) is 1.96. The van der Waals surface area contributed by atoms with E-state index in [1.807, 2.05) is 48.7 Å². The Morgan fingerprint density at radius 3 is 2.11 bits per heavy atom. The predicted molar refractivity (Wildman–Crippen MR) is 111 cm³/mol. The standard InChI is InChI=1S/C21H21NO3S2/c1-22(27(23,24)21-14-12-20(26-2)13-15-21)18-8-10-19(11-9-18)25-16-17-6-4-3-5-7-17/h3-15H,16H2,1-2H3. The van der Waals surface area contributed by atoms with Crippen molar-refractivity contribution in [2.75, 3.05) is 17.6 Å². The third-order valence-electron chi connectivity index (χ3n) is 4.17. The summed E-state index contributed by atoms with van der Waals surface area (Å²) in [6.45, 7) is 0.468. The molecule has 0 atom stereocenters. The second-order valence-electron chi connectivity index (χ2n) is 5.92. The van der Waals surface area contributed by atoms with Gasteiger partial charge in [-0.2, -0.15) is 0 Å². The van der Waals surface area contributed by atoms with Crippen LogP contribution in [0.2, 0.25) is 0 Å². The van der Waals surface area contributed by atoms with E-state index in [0.29, 0.717) is 18.0 Å². The lowest BCUT2D eigenvalue weighted by Crippen LogP contribution is -2.26. The van der Waals surface area contributed by atoms with Gasteiger partial charge in [0, 0.05) is 11.9 Å². The number of hydrogen-bond donors (Lipinski definition) is 0. The minimum Gasteiger partial charge on any atom is -0.489 e. The van der Waals surface area contributed by atoms with Crippen molar-refractivity contribution >= 4 is 27.5 Å². The average molecular weight is 400 g/mol. The monoisotopic (exact) mass is 399 g/mol. The molecule has 0 spiro atoms. The van der Waals surface area contributed by atoms with Gasteiger partial charge in [-0.1, -0.05) is 30.3 Å². The molecular weight excluding hydrogens is 378 g/mol. The molecule has 0 aliphatic heterocycles. The summed E-state index contributed by atoms with van der Waals surface area (Å²) >= 11 is 1.58. The van der Waals surface area contributed by atoms with Gasteiger partial charge < -0.3 is 4.74 Å². The van der Waals surface area contributed by atoms with E-state index >= 15 is 0 Å². The minimum atomic E-state index is -3.60. The molecule has 3 aromatic rings. The lowest BCUT2D eigenvalue weighted by molar-refractivity contribution is 0.306. The van der Waals surface area contributed by atoms with Crippen molar-refractivity contribution in [2.24, 2.45) is 0 Å². The molecule has 0 aliphatic carbocycles. The fraction of sp³-hybridized carbons (Fsp3) is 0.143. The van der Waals surface area contributed by atoms with Crippen molar-refractivity contribution in [3.05, 3.63) is 84.4 Å². The summed E-state index contributed by atoms with van der Waals surface area (Å²) in [4.78, 5) is 1.30. The van der Waals surface area contributed by atoms with Crippen LogP contribution in [0.1, 0.15) is 5.56 Å². The number of ether oxygens (including phenoxy) is 1. The molecule has 0 radical (unpaired) electrons. The van der Waals surface area contributed by atoms with Crippen molar-refractivity contribution in [3.63, 3.8) is 0 Å². The topological polar surface area (TPSA) is 46.6 Å². The highest BCUT2D eigenvalue weighted by atomic mass is 32.2. The summed E-state index contributed by atoms with van der Waals surface area (Å²) < 4.78 is 32.7. The molecule has 0 bridgehead atoms. The highest BCUT2D eigenvalue weighted by molar-refractivity contribution is 7.98. The van der Waals surface area contributed by atoms with Gasteiger partial charge in [0.05, 0.1) is 10.6 Å². The first kappa shape index (κ1) is 19.3. The van der Waals surface area contributed by atoms with Crippen LogP contribution in [-0.4, -0.2) is 21.7 Å². The Labute approximate surface area is 164 Å². The Balaban J connectivity index is 1.71. The lowest BCUT2D eigenvalue weighted by atomic mass is 10.2. The van der Waals surface area contributed by atoms with Crippen LogP contribution in [0.3, 0.4) is 0 Å². The first-order valence-electron chi connectivity index (χ1n) is 8.40. The van der Waals surface area contributed by atoms with E-state index in [1.165, 1.54) is 4.31 Å². The normalized spacial score (nSPS) is 11.2. The first-order chi connectivity index (χ1) is 13.0. The second-order valence-corrected chi connectivity index (χ2v) is 8.77. The van der Waals surface area contributed by atoms with Gasteiger partial charge in [-0.25, -0.2) is 8.42 Å². The molecule has 0 saturated carbocycles. The Morgan fingerprint density at radius 2 is 1.52 bits per heavy atom. The van der Waals surface area contributed by atoms with E-state index in [9.17, 15) is 8.42 Å². The lowest BCUT2D eigenvalue weighted by Gasteiger charge is -2.20. The van der Waals surface area contributed by atoms with Crippen molar-refractivity contribution in [1.29, 1.82) is 0 Å². The van der Waals surface area contributed by atoms with Gasteiger partial charge in [0.15, 0.2) is 0 Å². The van der Waals surface area contributed by atoms with E-state index in [0.717, 1.165) is 10.5 Å². The molecular formula is C21H21NO3S2. The van der Waals surface area contributed by atoms with Crippen molar-refractivity contribution in [1.82, 2.24) is 0 Å². The predicted octanol–water partition coefficient (Wildman–Crippen LogP) is 4.81. The summed E-state index contributed by atoms with van der Waals surface area (Å²) in [5.74, 6) is 0.692. The van der Waals surface area contributed by atoms with Crippen LogP contribution in [0.4, 0.5) is 5.69 Å². The largest absolute Gasteiger partial charge is 0.489 e. The summed E-state index contributed by atoms with van der Waals surface area (Å²) in [5, 5.41) is 0. The molecule has 0 aliphatic rings. The van der Waals surface area contributed by atoms with Crippen LogP contribution in [0.5, 0.6) is 5.75 Å². The number of thioether (sulfide) groups is 1. The first-order valence-corrected chi connectivity index (χ1v) is 11.1. The molecule has 4 nitrogen and oxygen atoms in total. The summed E-state index contributed by atoms with van der Waals surface area (Å²) in [7, 11) is -2.05. The van der Waals surface area contributed by atoms with Crippen LogP contribution < -0.4 is 9.04 Å². The Bertz CT molecular complexity index is 970. The Morgan fingerprint density at radius 1 is 0.889 bits per heavy atom. The molecule has 0 heterocycles. The number of rotatable bonds is 7. The summed E-state index contributed by atoms with van der Waals surface area (Å²) in [6, 6.07) is 23.8. The van der Waals surface area contributed by atoms with Crippen LogP contribution in [0, 0.1) is 0 Å². The van der Waals surface area contributed by atoms with Gasteiger partial charge in [0.1, 0.15) is 12.4 Å². The molecule has 3 aromatic carbocycles. The van der Waals surface area contributed by atoms with Crippen LogP contribution in [0.25, 0.3) is 0 Å². The second kappa shape index (κ2) is 8.50. The maximum Gasteiger partial charge on any atom is 0.264 e. The van der Waals surface area contributed by atoms with E-state index < -0.39 is 10.0 Å². The number of benzene rings is 3. The van der Waals surface area contributed by atoms with Gasteiger partial charge >= 0.3 is 0 Å². The minimum absolute atomic E-state index is 0.271. The van der Waals surface area contributed by atoms with Crippen molar-refractivity contribution < 1.29 is 13.2 Å². The summed E-state index contributed by atoms with van der Waals surface area (Å²) in [5.41, 5.74) is 1.66. The van der Waals surface area contributed by atoms with Gasteiger partial charge in [0.2, 0.25) is 0 Å². The zero-order valence-corrected chi connectivity index (χ0v) is 16.8. The molecule has 0 fully saturated rings. The Kier molecular flexibility index (Phi) is 6.08. The molecule has 0 aromatic heterocycles. The third-order valence-corrected chi connectivity index (χ3v) is 6.71. The SMILES string of the molecule is CSc1ccc(S(=O)(=O)N(C)c2ccc(OCc3ccccc3)cc2)cc1. The van der Waals surface area contributed by atoms with Gasteiger partial charge in [-0.05, 0) is 60.4 Å². The van der Waals surface area contributed by atoms with E-state index in [1.54, 1.807) is 55.2 Å². The van der Waals surface area contributed by atoms with Gasteiger partial charge in [0.25, 0.3) is 10.0 Å². The van der Waals surface area contributed by atoms with E-state index in [4.69, 9.17) is 4.74 Å². The molecule has 0 amide bonds. The highest BCUT2D eigenvalue weighted by Gasteiger charge is 2.21. The molecule has 0 unspecified atom stereocenters. The fourth-order valence-corrected chi connectivity index (χ4v) is 4.14. The molecule has 3 rings (SSSR count). The highest BCUT2D eigenvalue weighted by Crippen LogP contribution is 2.26. The van der Waals surface area contributed by atoms with Gasteiger partial charge in [-0.3, -0.25) is 4.31 Å². The Hall–Kier alpha value is -2.44. The quantitative estimate of drug-likeness (QED) is 0.535. The zero-order chi connectivity index (χ0) is 19.3. The fourth-order valence-electron chi connectivity index (χ4n) is 2.54. The van der Waals surface area contributed by atoms with Crippen LogP contribution in [0.15, 0.2) is 88.7 Å². The van der Waals surface area contributed by atoms with Crippen molar-refractivity contribution in [3.8, 4) is 5.75 Å². The maximum atomic E-state index is 12.8. The third kappa shape index (κ3) is 4.64. The molecule has 6 heteroatoms. The average Bonchev–Trinajstić information content (AvgIpc) is 2.73. The van der Waals surface area contributed by atoms with Crippen molar-refractivity contribution in [2.45, 2.75) is 16.4 Å². The maximum absolute atomic E-state index is 12.8. The number of hydrogen-bond acceptors (Lipinski definition) is 4. The molecule has 140 valence electrons. The number of anilines is 1. The molecule has 0 N–H and O–H groups in total. The van der Waals surface area contributed by atoms with E-state index in [2.05, 4.69) is 0 Å². The smallest absolute Gasteiger partial charge is 0.264 e. The van der Waals surface area contributed by atoms with Crippen LogP contribution >= 0.6 is 11.8 Å². The number of nitrogens with zero attached hydrogens (tertiary/aromatic N) is 1. The zero-order valence-electron chi connectivity index (χ0n) is 15.2. The molecule has 0 saturated heterocycles. The van der Waals surface area contributed by atoms with Gasteiger partial charge in [-0.15, -0.1) is 11.8 Å².